The van der Waals surface area contributed by atoms with E-state index in [1.165, 1.54) is 12.0 Å². The molecular formula is C16H24ClNO. The molecule has 2 unspecified atom stereocenters. The van der Waals surface area contributed by atoms with Crippen molar-refractivity contribution in [1.82, 2.24) is 0 Å². The molecule has 0 amide bonds. The molecule has 106 valence electrons. The Kier molecular flexibility index (Phi) is 4.24. The minimum atomic E-state index is -0.672. The Bertz CT molecular complexity index is 423. The van der Waals surface area contributed by atoms with Crippen molar-refractivity contribution in [2.45, 2.75) is 63.0 Å². The smallest absolute Gasteiger partial charge is 0.0632 e. The Balaban J connectivity index is 2.20. The van der Waals surface area contributed by atoms with Crippen LogP contribution in [0.2, 0.25) is 5.02 Å². The minimum Gasteiger partial charge on any atom is -0.390 e. The molecule has 3 heteroatoms. The number of aliphatic hydroxyl groups is 1. The zero-order valence-electron chi connectivity index (χ0n) is 11.8. The summed E-state index contributed by atoms with van der Waals surface area (Å²) in [5.41, 5.74) is 7.08. The monoisotopic (exact) mass is 281 g/mol. The van der Waals surface area contributed by atoms with Crippen LogP contribution in [0.3, 0.4) is 0 Å². The highest BCUT2D eigenvalue weighted by Crippen LogP contribution is 2.47. The molecule has 1 aromatic carbocycles. The SMILES string of the molecule is CCC(C)(O)CC(N)C1(c2ccc(Cl)cc2)CCC1. The van der Waals surface area contributed by atoms with Crippen molar-refractivity contribution in [3.05, 3.63) is 34.9 Å². The molecular weight excluding hydrogens is 258 g/mol. The second kappa shape index (κ2) is 5.43. The van der Waals surface area contributed by atoms with Gasteiger partial charge in [0.15, 0.2) is 0 Å². The van der Waals surface area contributed by atoms with Gasteiger partial charge in [0.1, 0.15) is 0 Å². The fourth-order valence-electron chi connectivity index (χ4n) is 3.03. The number of benzene rings is 1. The van der Waals surface area contributed by atoms with Crippen molar-refractivity contribution >= 4 is 11.6 Å². The Hall–Kier alpha value is -0.570. The van der Waals surface area contributed by atoms with Crippen molar-refractivity contribution in [2.24, 2.45) is 5.73 Å². The van der Waals surface area contributed by atoms with Gasteiger partial charge in [-0.1, -0.05) is 37.1 Å². The summed E-state index contributed by atoms with van der Waals surface area (Å²) in [6.45, 7) is 3.88. The maximum Gasteiger partial charge on any atom is 0.0632 e. The van der Waals surface area contributed by atoms with Gasteiger partial charge in [-0.3, -0.25) is 0 Å². The molecule has 0 spiro atoms. The van der Waals surface area contributed by atoms with Gasteiger partial charge in [-0.2, -0.15) is 0 Å². The van der Waals surface area contributed by atoms with E-state index in [0.29, 0.717) is 6.42 Å². The van der Waals surface area contributed by atoms with Crippen LogP contribution >= 0.6 is 11.6 Å². The summed E-state index contributed by atoms with van der Waals surface area (Å²) in [5, 5.41) is 11.0. The summed E-state index contributed by atoms with van der Waals surface area (Å²) >= 11 is 5.96. The minimum absolute atomic E-state index is 0.00243. The number of hydrogen-bond acceptors (Lipinski definition) is 2. The summed E-state index contributed by atoms with van der Waals surface area (Å²) in [6, 6.07) is 8.03. The molecule has 19 heavy (non-hydrogen) atoms. The molecule has 1 saturated carbocycles. The fraction of sp³-hybridized carbons (Fsp3) is 0.625. The van der Waals surface area contributed by atoms with E-state index in [0.717, 1.165) is 24.3 Å². The van der Waals surface area contributed by atoms with Gasteiger partial charge in [0.25, 0.3) is 0 Å². The van der Waals surface area contributed by atoms with Crippen molar-refractivity contribution < 1.29 is 5.11 Å². The summed E-state index contributed by atoms with van der Waals surface area (Å²) in [4.78, 5) is 0. The van der Waals surface area contributed by atoms with Gasteiger partial charge in [0.05, 0.1) is 5.60 Å². The average Bonchev–Trinajstić information content (AvgIpc) is 2.29. The van der Waals surface area contributed by atoms with Crippen LogP contribution in [-0.2, 0) is 5.41 Å². The summed E-state index contributed by atoms with van der Waals surface area (Å²) in [7, 11) is 0. The molecule has 2 rings (SSSR count). The molecule has 1 aliphatic carbocycles. The van der Waals surface area contributed by atoms with Crippen LogP contribution in [-0.4, -0.2) is 16.7 Å². The third-order valence-corrected chi connectivity index (χ3v) is 5.05. The first-order chi connectivity index (χ1) is 8.89. The van der Waals surface area contributed by atoms with Crippen molar-refractivity contribution in [3.8, 4) is 0 Å². The lowest BCUT2D eigenvalue weighted by Gasteiger charge is -2.48. The maximum atomic E-state index is 10.3. The van der Waals surface area contributed by atoms with Crippen LogP contribution in [0.15, 0.2) is 24.3 Å². The number of nitrogens with two attached hydrogens (primary N) is 1. The lowest BCUT2D eigenvalue weighted by molar-refractivity contribution is 0.0214. The highest BCUT2D eigenvalue weighted by molar-refractivity contribution is 6.30. The van der Waals surface area contributed by atoms with Gasteiger partial charge in [-0.05, 0) is 50.3 Å². The summed E-state index contributed by atoms with van der Waals surface area (Å²) in [5.74, 6) is 0. The van der Waals surface area contributed by atoms with Gasteiger partial charge < -0.3 is 10.8 Å². The highest BCUT2D eigenvalue weighted by atomic mass is 35.5. The summed E-state index contributed by atoms with van der Waals surface area (Å²) in [6.07, 6.45) is 4.80. The third-order valence-electron chi connectivity index (χ3n) is 4.80. The topological polar surface area (TPSA) is 46.2 Å². The van der Waals surface area contributed by atoms with Gasteiger partial charge in [0, 0.05) is 16.5 Å². The molecule has 1 fully saturated rings. The van der Waals surface area contributed by atoms with Crippen molar-refractivity contribution in [3.63, 3.8) is 0 Å². The van der Waals surface area contributed by atoms with E-state index in [-0.39, 0.29) is 11.5 Å². The maximum absolute atomic E-state index is 10.3. The Morgan fingerprint density at radius 2 is 1.95 bits per heavy atom. The van der Waals surface area contributed by atoms with E-state index in [1.54, 1.807) is 0 Å². The molecule has 0 aromatic heterocycles. The number of hydrogen-bond donors (Lipinski definition) is 2. The van der Waals surface area contributed by atoms with Crippen molar-refractivity contribution in [1.29, 1.82) is 0 Å². The van der Waals surface area contributed by atoms with Crippen LogP contribution in [0, 0.1) is 0 Å². The van der Waals surface area contributed by atoms with E-state index in [1.807, 2.05) is 26.0 Å². The first-order valence-electron chi connectivity index (χ1n) is 7.14. The lowest BCUT2D eigenvalue weighted by atomic mass is 9.58. The highest BCUT2D eigenvalue weighted by Gasteiger charge is 2.45. The molecule has 0 bridgehead atoms. The van der Waals surface area contributed by atoms with Crippen LogP contribution in [0.25, 0.3) is 0 Å². The van der Waals surface area contributed by atoms with E-state index in [9.17, 15) is 5.11 Å². The molecule has 0 radical (unpaired) electrons. The van der Waals surface area contributed by atoms with Crippen LogP contribution in [0.1, 0.15) is 51.5 Å². The second-order valence-electron chi connectivity index (χ2n) is 6.18. The number of halogens is 1. The van der Waals surface area contributed by atoms with Gasteiger partial charge >= 0.3 is 0 Å². The van der Waals surface area contributed by atoms with E-state index in [2.05, 4.69) is 12.1 Å². The molecule has 0 saturated heterocycles. The normalized spacial score (nSPS) is 22.4. The molecule has 3 N–H and O–H groups in total. The Morgan fingerprint density at radius 3 is 2.37 bits per heavy atom. The van der Waals surface area contributed by atoms with E-state index in [4.69, 9.17) is 17.3 Å². The molecule has 1 aliphatic rings. The first kappa shape index (κ1) is 14.8. The van der Waals surface area contributed by atoms with E-state index >= 15 is 0 Å². The van der Waals surface area contributed by atoms with Crippen LogP contribution < -0.4 is 5.73 Å². The van der Waals surface area contributed by atoms with Crippen molar-refractivity contribution in [2.75, 3.05) is 0 Å². The predicted molar refractivity (Wildman–Crippen MR) is 80.5 cm³/mol. The fourth-order valence-corrected chi connectivity index (χ4v) is 3.15. The Labute approximate surface area is 121 Å². The van der Waals surface area contributed by atoms with Gasteiger partial charge in [0.2, 0.25) is 0 Å². The van der Waals surface area contributed by atoms with E-state index < -0.39 is 5.60 Å². The standard InChI is InChI=1S/C16H24ClNO/c1-3-15(2,19)11-14(18)16(9-4-10-16)12-5-7-13(17)8-6-12/h5-8,14,19H,3-4,9-11,18H2,1-2H3. The quantitative estimate of drug-likeness (QED) is 0.865. The number of rotatable bonds is 5. The second-order valence-corrected chi connectivity index (χ2v) is 6.61. The Morgan fingerprint density at radius 1 is 1.37 bits per heavy atom. The van der Waals surface area contributed by atoms with Gasteiger partial charge in [-0.15, -0.1) is 0 Å². The largest absolute Gasteiger partial charge is 0.390 e. The predicted octanol–water partition coefficient (Wildman–Crippen LogP) is 3.64. The van der Waals surface area contributed by atoms with Crippen LogP contribution in [0.4, 0.5) is 0 Å². The molecule has 2 nitrogen and oxygen atoms in total. The average molecular weight is 282 g/mol. The molecule has 0 aliphatic heterocycles. The first-order valence-corrected chi connectivity index (χ1v) is 7.51. The molecule has 0 heterocycles. The zero-order valence-corrected chi connectivity index (χ0v) is 12.6. The van der Waals surface area contributed by atoms with Crippen LogP contribution in [0.5, 0.6) is 0 Å². The lowest BCUT2D eigenvalue weighted by Crippen LogP contribution is -2.53. The summed E-state index contributed by atoms with van der Waals surface area (Å²) < 4.78 is 0. The third kappa shape index (κ3) is 2.96. The molecule has 1 aromatic rings. The van der Waals surface area contributed by atoms with Gasteiger partial charge in [-0.25, -0.2) is 0 Å². The molecule has 2 atom stereocenters. The zero-order chi connectivity index (χ0) is 14.1.